The van der Waals surface area contributed by atoms with Gasteiger partial charge < -0.3 is 4.79 Å². The molecule has 0 aromatic heterocycles. The zero-order valence-electron chi connectivity index (χ0n) is 7.88. The van der Waals surface area contributed by atoms with Crippen LogP contribution in [0.1, 0.15) is 18.1 Å². The van der Waals surface area contributed by atoms with Gasteiger partial charge in [-0.3, -0.25) is 0 Å². The molecule has 1 atom stereocenters. The van der Waals surface area contributed by atoms with Gasteiger partial charge in [0.15, 0.2) is 0 Å². The highest BCUT2D eigenvalue weighted by Crippen LogP contribution is 2.11. The van der Waals surface area contributed by atoms with E-state index in [1.165, 1.54) is 12.1 Å². The molecule has 0 bridgehead atoms. The number of aryl methyl sites for hydroxylation is 1. The highest BCUT2D eigenvalue weighted by molar-refractivity contribution is 5.53. The first-order valence-electron chi connectivity index (χ1n) is 4.33. The Hall–Kier alpha value is -1.18. The third-order valence-corrected chi connectivity index (χ3v) is 1.89. The molecule has 0 spiro atoms. The zero-order valence-corrected chi connectivity index (χ0v) is 7.88. The van der Waals surface area contributed by atoms with Gasteiger partial charge in [0.1, 0.15) is 12.1 Å². The van der Waals surface area contributed by atoms with Gasteiger partial charge >= 0.3 is 0 Å². The SMILES string of the molecule is Cc1cc(F)cc(CC(C)C=O)c1. The van der Waals surface area contributed by atoms with Crippen LogP contribution in [0.4, 0.5) is 4.39 Å². The molecular weight excluding hydrogens is 167 g/mol. The van der Waals surface area contributed by atoms with E-state index in [9.17, 15) is 9.18 Å². The molecule has 0 saturated carbocycles. The first-order valence-corrected chi connectivity index (χ1v) is 4.33. The third kappa shape index (κ3) is 2.98. The van der Waals surface area contributed by atoms with Gasteiger partial charge in [-0.2, -0.15) is 0 Å². The number of benzene rings is 1. The van der Waals surface area contributed by atoms with E-state index in [4.69, 9.17) is 0 Å². The number of carbonyl (C=O) groups is 1. The van der Waals surface area contributed by atoms with Crippen molar-refractivity contribution < 1.29 is 9.18 Å². The maximum absolute atomic E-state index is 12.9. The molecule has 0 aliphatic rings. The zero-order chi connectivity index (χ0) is 9.84. The van der Waals surface area contributed by atoms with Gasteiger partial charge in [0.2, 0.25) is 0 Å². The van der Waals surface area contributed by atoms with Crippen molar-refractivity contribution in [3.8, 4) is 0 Å². The van der Waals surface area contributed by atoms with Gasteiger partial charge in [-0.05, 0) is 36.6 Å². The number of rotatable bonds is 3. The summed E-state index contributed by atoms with van der Waals surface area (Å²) in [5, 5.41) is 0. The molecule has 0 heterocycles. The van der Waals surface area contributed by atoms with Gasteiger partial charge in [0, 0.05) is 5.92 Å². The van der Waals surface area contributed by atoms with Crippen LogP contribution < -0.4 is 0 Å². The molecule has 0 amide bonds. The maximum atomic E-state index is 12.9. The standard InChI is InChI=1S/C11H13FO/c1-8-3-10(4-9(2)7-13)6-11(12)5-8/h3,5-7,9H,4H2,1-2H3. The molecule has 13 heavy (non-hydrogen) atoms. The van der Waals surface area contributed by atoms with Crippen LogP contribution in [0.2, 0.25) is 0 Å². The topological polar surface area (TPSA) is 17.1 Å². The summed E-state index contributed by atoms with van der Waals surface area (Å²) in [7, 11) is 0. The minimum Gasteiger partial charge on any atom is -0.303 e. The molecule has 1 nitrogen and oxygen atoms in total. The second kappa shape index (κ2) is 4.17. The summed E-state index contributed by atoms with van der Waals surface area (Å²) in [6.07, 6.45) is 1.50. The minimum atomic E-state index is -0.229. The van der Waals surface area contributed by atoms with Crippen molar-refractivity contribution in [2.75, 3.05) is 0 Å². The van der Waals surface area contributed by atoms with Crippen LogP contribution in [-0.2, 0) is 11.2 Å². The first kappa shape index (κ1) is 9.90. The second-order valence-electron chi connectivity index (χ2n) is 3.45. The number of halogens is 1. The van der Waals surface area contributed by atoms with Gasteiger partial charge in [0.05, 0.1) is 0 Å². The lowest BCUT2D eigenvalue weighted by Crippen LogP contribution is -2.01. The number of carbonyl (C=O) groups excluding carboxylic acids is 1. The van der Waals surface area contributed by atoms with Crippen LogP contribution in [-0.4, -0.2) is 6.29 Å². The minimum absolute atomic E-state index is 0.0406. The quantitative estimate of drug-likeness (QED) is 0.653. The largest absolute Gasteiger partial charge is 0.303 e. The molecule has 1 unspecified atom stereocenters. The van der Waals surface area contributed by atoms with Crippen molar-refractivity contribution in [1.82, 2.24) is 0 Å². The second-order valence-corrected chi connectivity index (χ2v) is 3.45. The molecule has 70 valence electrons. The summed E-state index contributed by atoms with van der Waals surface area (Å²) in [5.74, 6) is -0.269. The Balaban J connectivity index is 2.82. The lowest BCUT2D eigenvalue weighted by atomic mass is 10.0. The highest BCUT2D eigenvalue weighted by Gasteiger charge is 2.03. The summed E-state index contributed by atoms with van der Waals surface area (Å²) in [4.78, 5) is 10.4. The van der Waals surface area contributed by atoms with Crippen LogP contribution in [0, 0.1) is 18.7 Å². The summed E-state index contributed by atoms with van der Waals surface area (Å²) < 4.78 is 12.9. The lowest BCUT2D eigenvalue weighted by Gasteiger charge is -2.04. The fourth-order valence-electron chi connectivity index (χ4n) is 1.35. The summed E-state index contributed by atoms with van der Waals surface area (Å²) in [6.45, 7) is 3.67. The number of hydrogen-bond donors (Lipinski definition) is 0. The number of hydrogen-bond acceptors (Lipinski definition) is 1. The van der Waals surface area contributed by atoms with Crippen LogP contribution in [0.5, 0.6) is 0 Å². The van der Waals surface area contributed by atoms with E-state index in [0.717, 1.165) is 17.4 Å². The Morgan fingerprint density at radius 1 is 1.46 bits per heavy atom. The van der Waals surface area contributed by atoms with E-state index in [0.29, 0.717) is 6.42 Å². The normalized spacial score (nSPS) is 12.5. The maximum Gasteiger partial charge on any atom is 0.123 e. The molecule has 0 fully saturated rings. The molecule has 0 saturated heterocycles. The van der Waals surface area contributed by atoms with E-state index in [1.54, 1.807) is 0 Å². The van der Waals surface area contributed by atoms with Crippen LogP contribution >= 0.6 is 0 Å². The molecule has 0 radical (unpaired) electrons. The Labute approximate surface area is 77.6 Å². The molecule has 1 aromatic rings. The first-order chi connectivity index (χ1) is 6.11. The molecule has 0 aliphatic heterocycles. The summed E-state index contributed by atoms with van der Waals surface area (Å²) in [5.41, 5.74) is 1.78. The van der Waals surface area contributed by atoms with Gasteiger partial charge in [-0.1, -0.05) is 13.0 Å². The van der Waals surface area contributed by atoms with Crippen molar-refractivity contribution in [2.45, 2.75) is 20.3 Å². The molecule has 2 heteroatoms. The molecule has 1 rings (SSSR count). The Kier molecular flexibility index (Phi) is 3.18. The van der Waals surface area contributed by atoms with E-state index >= 15 is 0 Å². The molecule has 1 aromatic carbocycles. The number of aldehydes is 1. The van der Waals surface area contributed by atoms with Crippen LogP contribution in [0.15, 0.2) is 18.2 Å². The van der Waals surface area contributed by atoms with E-state index in [2.05, 4.69) is 0 Å². The van der Waals surface area contributed by atoms with Crippen molar-refractivity contribution in [2.24, 2.45) is 5.92 Å². The fourth-order valence-corrected chi connectivity index (χ4v) is 1.35. The molecule has 0 N–H and O–H groups in total. The Morgan fingerprint density at radius 2 is 2.15 bits per heavy atom. The summed E-state index contributed by atoms with van der Waals surface area (Å²) in [6, 6.07) is 4.87. The molecule has 0 aliphatic carbocycles. The van der Waals surface area contributed by atoms with Gasteiger partial charge in [0.25, 0.3) is 0 Å². The lowest BCUT2D eigenvalue weighted by molar-refractivity contribution is -0.110. The van der Waals surface area contributed by atoms with Gasteiger partial charge in [-0.15, -0.1) is 0 Å². The highest BCUT2D eigenvalue weighted by atomic mass is 19.1. The van der Waals surface area contributed by atoms with Gasteiger partial charge in [-0.25, -0.2) is 4.39 Å². The fraction of sp³-hybridized carbons (Fsp3) is 0.364. The predicted molar refractivity (Wildman–Crippen MR) is 50.1 cm³/mol. The third-order valence-electron chi connectivity index (χ3n) is 1.89. The van der Waals surface area contributed by atoms with Crippen molar-refractivity contribution >= 4 is 6.29 Å². The predicted octanol–water partition coefficient (Wildman–Crippen LogP) is 2.51. The van der Waals surface area contributed by atoms with Crippen molar-refractivity contribution in [3.63, 3.8) is 0 Å². The Bertz CT molecular complexity index is 287. The van der Waals surface area contributed by atoms with E-state index < -0.39 is 0 Å². The Morgan fingerprint density at radius 3 is 2.69 bits per heavy atom. The summed E-state index contributed by atoms with van der Waals surface area (Å²) >= 11 is 0. The van der Waals surface area contributed by atoms with E-state index in [-0.39, 0.29) is 11.7 Å². The van der Waals surface area contributed by atoms with Crippen LogP contribution in [0.3, 0.4) is 0 Å². The smallest absolute Gasteiger partial charge is 0.123 e. The average molecular weight is 180 g/mol. The van der Waals surface area contributed by atoms with E-state index in [1.807, 2.05) is 19.9 Å². The van der Waals surface area contributed by atoms with Crippen LogP contribution in [0.25, 0.3) is 0 Å². The average Bonchev–Trinajstić information content (AvgIpc) is 2.02. The van der Waals surface area contributed by atoms with Crippen molar-refractivity contribution in [1.29, 1.82) is 0 Å². The monoisotopic (exact) mass is 180 g/mol. The molecular formula is C11H13FO. The van der Waals surface area contributed by atoms with Crippen molar-refractivity contribution in [3.05, 3.63) is 35.1 Å².